The van der Waals surface area contributed by atoms with E-state index in [1.165, 1.54) is 4.31 Å². The molecule has 1 aliphatic rings. The molecule has 2 heterocycles. The van der Waals surface area contributed by atoms with Crippen molar-refractivity contribution in [1.29, 1.82) is 0 Å². The summed E-state index contributed by atoms with van der Waals surface area (Å²) in [6, 6.07) is 17.0. The van der Waals surface area contributed by atoms with Crippen LogP contribution in [0.1, 0.15) is 12.8 Å². The number of fused-ring (bicyclic) bond motifs is 1. The van der Waals surface area contributed by atoms with E-state index in [1.807, 2.05) is 30.3 Å². The molecule has 0 spiro atoms. The predicted octanol–water partition coefficient (Wildman–Crippen LogP) is 3.03. The Labute approximate surface area is 157 Å². The Bertz CT molecular complexity index is 1080. The first-order chi connectivity index (χ1) is 13.1. The molecule has 7 heteroatoms. The summed E-state index contributed by atoms with van der Waals surface area (Å²) >= 11 is 0. The molecular formula is C20H19N3O3S. The van der Waals surface area contributed by atoms with Crippen molar-refractivity contribution >= 4 is 32.5 Å². The van der Waals surface area contributed by atoms with E-state index in [9.17, 15) is 13.2 Å². The van der Waals surface area contributed by atoms with E-state index in [0.29, 0.717) is 25.1 Å². The lowest BCUT2D eigenvalue weighted by atomic mass is 10.2. The second-order valence-corrected chi connectivity index (χ2v) is 8.38. The Kier molecular flexibility index (Phi) is 4.63. The van der Waals surface area contributed by atoms with Crippen molar-refractivity contribution in [2.45, 2.75) is 23.8 Å². The van der Waals surface area contributed by atoms with E-state index >= 15 is 0 Å². The molecule has 1 amide bonds. The fraction of sp³-hybridized carbons (Fsp3) is 0.200. The summed E-state index contributed by atoms with van der Waals surface area (Å²) in [5, 5.41) is 3.73. The number of pyridine rings is 1. The highest BCUT2D eigenvalue weighted by Crippen LogP contribution is 2.27. The monoisotopic (exact) mass is 381 g/mol. The van der Waals surface area contributed by atoms with E-state index in [2.05, 4.69) is 10.3 Å². The van der Waals surface area contributed by atoms with Crippen molar-refractivity contribution in [2.24, 2.45) is 0 Å². The van der Waals surface area contributed by atoms with E-state index in [0.717, 1.165) is 10.9 Å². The Hall–Kier alpha value is -2.77. The molecule has 1 saturated heterocycles. The van der Waals surface area contributed by atoms with Gasteiger partial charge in [0.15, 0.2) is 0 Å². The van der Waals surface area contributed by atoms with Gasteiger partial charge in [-0.25, -0.2) is 8.42 Å². The number of aromatic nitrogens is 1. The number of anilines is 1. The topological polar surface area (TPSA) is 79.4 Å². The summed E-state index contributed by atoms with van der Waals surface area (Å²) in [4.78, 5) is 17.3. The standard InChI is InChI=1S/C20H19N3O3S/c24-20(22-16-13-15-7-4-5-10-18(15)21-14-16)19-11-6-12-23(19)27(25,26)17-8-2-1-3-9-17/h1-5,7-10,13-14,19H,6,11-12H2,(H,22,24). The Morgan fingerprint density at radius 2 is 1.81 bits per heavy atom. The number of benzene rings is 2. The van der Waals surface area contributed by atoms with Gasteiger partial charge in [0.2, 0.25) is 15.9 Å². The quantitative estimate of drug-likeness (QED) is 0.753. The summed E-state index contributed by atoms with van der Waals surface area (Å²) < 4.78 is 27.1. The van der Waals surface area contributed by atoms with Crippen molar-refractivity contribution in [1.82, 2.24) is 9.29 Å². The maximum absolute atomic E-state index is 12.9. The van der Waals surface area contributed by atoms with Gasteiger partial charge in [-0.3, -0.25) is 9.78 Å². The highest BCUT2D eigenvalue weighted by molar-refractivity contribution is 7.89. The van der Waals surface area contributed by atoms with E-state index in [4.69, 9.17) is 0 Å². The van der Waals surface area contributed by atoms with Crippen molar-refractivity contribution in [3.63, 3.8) is 0 Å². The first-order valence-electron chi connectivity index (χ1n) is 8.78. The number of carbonyl (C=O) groups excluding carboxylic acids is 1. The number of rotatable bonds is 4. The number of nitrogens with zero attached hydrogens (tertiary/aromatic N) is 2. The summed E-state index contributed by atoms with van der Waals surface area (Å²) in [5.74, 6) is -0.330. The highest BCUT2D eigenvalue weighted by atomic mass is 32.2. The smallest absolute Gasteiger partial charge is 0.243 e. The second kappa shape index (κ2) is 7.09. The average molecular weight is 381 g/mol. The molecule has 0 aliphatic carbocycles. The summed E-state index contributed by atoms with van der Waals surface area (Å²) in [6.45, 7) is 0.339. The van der Waals surface area contributed by atoms with Crippen LogP contribution < -0.4 is 5.32 Å². The van der Waals surface area contributed by atoms with Gasteiger partial charge in [0.25, 0.3) is 0 Å². The minimum atomic E-state index is -3.70. The molecule has 3 aromatic rings. The van der Waals surface area contributed by atoms with Gasteiger partial charge >= 0.3 is 0 Å². The molecule has 1 fully saturated rings. The molecule has 6 nitrogen and oxygen atoms in total. The molecule has 1 unspecified atom stereocenters. The number of hydrogen-bond acceptors (Lipinski definition) is 4. The third kappa shape index (κ3) is 3.43. The molecule has 0 bridgehead atoms. The Morgan fingerprint density at radius 1 is 1.07 bits per heavy atom. The van der Waals surface area contributed by atoms with Crippen LogP contribution in [-0.2, 0) is 14.8 Å². The van der Waals surface area contributed by atoms with Crippen LogP contribution in [0.25, 0.3) is 10.9 Å². The van der Waals surface area contributed by atoms with Crippen molar-refractivity contribution in [3.05, 3.63) is 66.9 Å². The van der Waals surface area contributed by atoms with E-state index in [1.54, 1.807) is 36.5 Å². The third-order valence-corrected chi connectivity index (χ3v) is 6.64. The molecule has 4 rings (SSSR count). The van der Waals surface area contributed by atoms with Gasteiger partial charge in [0.1, 0.15) is 6.04 Å². The third-order valence-electron chi connectivity index (χ3n) is 4.71. The number of carbonyl (C=O) groups is 1. The minimum Gasteiger partial charge on any atom is -0.323 e. The molecule has 27 heavy (non-hydrogen) atoms. The first kappa shape index (κ1) is 17.6. The Balaban J connectivity index is 1.57. The first-order valence-corrected chi connectivity index (χ1v) is 10.2. The zero-order valence-electron chi connectivity index (χ0n) is 14.6. The van der Waals surface area contributed by atoms with Gasteiger partial charge in [-0.1, -0.05) is 36.4 Å². The number of nitrogens with one attached hydrogen (secondary N) is 1. The lowest BCUT2D eigenvalue weighted by Gasteiger charge is -2.23. The largest absolute Gasteiger partial charge is 0.323 e. The molecule has 1 aliphatic heterocycles. The molecular weight excluding hydrogens is 362 g/mol. The predicted molar refractivity (Wildman–Crippen MR) is 104 cm³/mol. The van der Waals surface area contributed by atoms with Crippen molar-refractivity contribution < 1.29 is 13.2 Å². The van der Waals surface area contributed by atoms with Gasteiger partial charge in [0.05, 0.1) is 22.3 Å². The minimum absolute atomic E-state index is 0.206. The van der Waals surface area contributed by atoms with Crippen LogP contribution in [0.5, 0.6) is 0 Å². The van der Waals surface area contributed by atoms with Crippen molar-refractivity contribution in [2.75, 3.05) is 11.9 Å². The van der Waals surface area contributed by atoms with E-state index < -0.39 is 16.1 Å². The SMILES string of the molecule is O=C(Nc1cnc2ccccc2c1)C1CCCN1S(=O)(=O)c1ccccc1. The van der Waals surface area contributed by atoms with E-state index in [-0.39, 0.29) is 10.8 Å². The number of sulfonamides is 1. The van der Waals surface area contributed by atoms with Crippen LogP contribution >= 0.6 is 0 Å². The molecule has 1 atom stereocenters. The lowest BCUT2D eigenvalue weighted by molar-refractivity contribution is -0.119. The average Bonchev–Trinajstić information content (AvgIpc) is 3.19. The molecule has 138 valence electrons. The fourth-order valence-electron chi connectivity index (χ4n) is 3.38. The summed E-state index contributed by atoms with van der Waals surface area (Å²) in [5.41, 5.74) is 1.40. The molecule has 0 radical (unpaired) electrons. The van der Waals surface area contributed by atoms with Crippen LogP contribution in [0.4, 0.5) is 5.69 Å². The molecule has 1 N–H and O–H groups in total. The van der Waals surface area contributed by atoms with Crippen LogP contribution in [0, 0.1) is 0 Å². The van der Waals surface area contributed by atoms with Crippen LogP contribution in [0.15, 0.2) is 71.8 Å². The van der Waals surface area contributed by atoms with Gasteiger partial charge in [-0.05, 0) is 37.1 Å². The van der Waals surface area contributed by atoms with Gasteiger partial charge in [-0.2, -0.15) is 4.31 Å². The van der Waals surface area contributed by atoms with Crippen molar-refractivity contribution in [3.8, 4) is 0 Å². The number of amides is 1. The van der Waals surface area contributed by atoms with Crippen LogP contribution in [0.2, 0.25) is 0 Å². The normalized spacial score (nSPS) is 17.9. The molecule has 2 aromatic carbocycles. The Morgan fingerprint density at radius 3 is 2.63 bits per heavy atom. The second-order valence-electron chi connectivity index (χ2n) is 6.49. The molecule has 0 saturated carbocycles. The number of para-hydroxylation sites is 1. The highest BCUT2D eigenvalue weighted by Gasteiger charge is 2.39. The summed E-state index contributed by atoms with van der Waals surface area (Å²) in [6.07, 6.45) is 2.74. The molecule has 1 aromatic heterocycles. The number of hydrogen-bond donors (Lipinski definition) is 1. The maximum atomic E-state index is 12.9. The lowest BCUT2D eigenvalue weighted by Crippen LogP contribution is -2.43. The fourth-order valence-corrected chi connectivity index (χ4v) is 5.06. The van der Waals surface area contributed by atoms with Crippen LogP contribution in [-0.4, -0.2) is 36.2 Å². The van der Waals surface area contributed by atoms with Gasteiger partial charge < -0.3 is 5.32 Å². The summed E-state index contributed by atoms with van der Waals surface area (Å²) in [7, 11) is -3.70. The van der Waals surface area contributed by atoms with Gasteiger partial charge in [0, 0.05) is 11.9 Å². The van der Waals surface area contributed by atoms with Crippen LogP contribution in [0.3, 0.4) is 0 Å². The zero-order valence-corrected chi connectivity index (χ0v) is 15.4. The zero-order chi connectivity index (χ0) is 18.9. The van der Waals surface area contributed by atoms with Gasteiger partial charge in [-0.15, -0.1) is 0 Å². The maximum Gasteiger partial charge on any atom is 0.243 e.